The molecule has 7 heterocycles. The highest BCUT2D eigenvalue weighted by molar-refractivity contribution is 5.16. The van der Waals surface area contributed by atoms with E-state index in [0.29, 0.717) is 52.9 Å². The topological polar surface area (TPSA) is 101 Å². The molecule has 3 aliphatic rings. The molecule has 4 aromatic heterocycles. The van der Waals surface area contributed by atoms with Gasteiger partial charge in [0, 0.05) is 78.5 Å². The van der Waals surface area contributed by atoms with Crippen LogP contribution in [-0.2, 0) is 71.3 Å². The molecule has 0 saturated heterocycles. The summed E-state index contributed by atoms with van der Waals surface area (Å²) in [5, 5.41) is 0. The minimum Gasteiger partial charge on any atom is -0.378 e. The minimum atomic E-state index is 0.545. The van der Waals surface area contributed by atoms with Gasteiger partial charge in [-0.1, -0.05) is 24.3 Å². The maximum absolute atomic E-state index is 6.08. The summed E-state index contributed by atoms with van der Waals surface area (Å²) in [5.41, 5.74) is 8.42. The van der Waals surface area contributed by atoms with E-state index < -0.39 is 0 Å². The van der Waals surface area contributed by atoms with Gasteiger partial charge >= 0.3 is 0 Å². The third-order valence-electron chi connectivity index (χ3n) is 9.49. The van der Waals surface area contributed by atoms with E-state index in [1.54, 1.807) is 0 Å². The number of hydrogen-bond donors (Lipinski definition) is 0. The lowest BCUT2D eigenvalue weighted by Crippen LogP contribution is -2.31. The van der Waals surface area contributed by atoms with Crippen LogP contribution < -0.4 is 0 Å². The SMILES string of the molecule is c1cc2nc(c1)CN1CCOCCOCCN3Cc4cccc(n4)CN(CCOCCOCCN(C2)Cc2cccc(n2)C1)Cc1cccc(n1)C3. The minimum absolute atomic E-state index is 0.545. The van der Waals surface area contributed by atoms with Crippen molar-refractivity contribution in [3.63, 3.8) is 0 Å². The Kier molecular flexibility index (Phi) is 13.7. The molecule has 0 atom stereocenters. The molecule has 7 rings (SSSR count). The van der Waals surface area contributed by atoms with Crippen molar-refractivity contribution in [3.05, 3.63) is 118 Å². The van der Waals surface area contributed by atoms with Crippen LogP contribution in [0.4, 0.5) is 0 Å². The molecule has 0 radical (unpaired) electrons. The monoisotopic (exact) mass is 708 g/mol. The van der Waals surface area contributed by atoms with Gasteiger partial charge in [0.25, 0.3) is 0 Å². The van der Waals surface area contributed by atoms with Gasteiger partial charge in [-0.15, -0.1) is 0 Å². The van der Waals surface area contributed by atoms with E-state index in [1.807, 2.05) is 0 Å². The van der Waals surface area contributed by atoms with Crippen molar-refractivity contribution in [2.75, 3.05) is 79.0 Å². The van der Waals surface area contributed by atoms with Crippen LogP contribution in [0.15, 0.2) is 72.8 Å². The van der Waals surface area contributed by atoms with Crippen LogP contribution in [0.3, 0.4) is 0 Å². The fraction of sp³-hybridized carbons (Fsp3) is 0.500. The van der Waals surface area contributed by atoms with Crippen LogP contribution in [0.1, 0.15) is 45.6 Å². The summed E-state index contributed by atoms with van der Waals surface area (Å²) in [6.07, 6.45) is 0. The zero-order valence-corrected chi connectivity index (χ0v) is 30.3. The fourth-order valence-corrected chi connectivity index (χ4v) is 6.93. The fourth-order valence-electron chi connectivity index (χ4n) is 6.93. The van der Waals surface area contributed by atoms with Gasteiger partial charge < -0.3 is 18.9 Å². The van der Waals surface area contributed by atoms with Crippen LogP contribution >= 0.6 is 0 Å². The second kappa shape index (κ2) is 19.4. The Morgan fingerprint density at radius 3 is 0.673 bits per heavy atom. The molecule has 0 saturated carbocycles. The molecule has 4 aromatic rings. The summed E-state index contributed by atoms with van der Waals surface area (Å²) in [5.74, 6) is 0. The quantitative estimate of drug-likeness (QED) is 0.267. The number of hydrogen-bond acceptors (Lipinski definition) is 12. The zero-order valence-electron chi connectivity index (χ0n) is 30.3. The third-order valence-corrected chi connectivity index (χ3v) is 9.49. The van der Waals surface area contributed by atoms with Crippen molar-refractivity contribution in [3.8, 4) is 0 Å². The molecule has 52 heavy (non-hydrogen) atoms. The van der Waals surface area contributed by atoms with Crippen molar-refractivity contribution in [2.24, 2.45) is 0 Å². The van der Waals surface area contributed by atoms with Crippen molar-refractivity contribution >= 4 is 0 Å². The van der Waals surface area contributed by atoms with E-state index in [-0.39, 0.29) is 0 Å². The normalized spacial score (nSPS) is 24.6. The number of rotatable bonds is 0. The Bertz CT molecular complexity index is 1360. The first-order valence-corrected chi connectivity index (χ1v) is 18.7. The maximum Gasteiger partial charge on any atom is 0.0701 e. The first-order valence-electron chi connectivity index (χ1n) is 18.7. The van der Waals surface area contributed by atoms with E-state index in [1.165, 1.54) is 0 Å². The van der Waals surface area contributed by atoms with Gasteiger partial charge in [-0.25, -0.2) is 0 Å². The Balaban J connectivity index is 1.05. The lowest BCUT2D eigenvalue weighted by atomic mass is 10.2. The molecule has 0 aliphatic carbocycles. The number of aromatic nitrogens is 4. The van der Waals surface area contributed by atoms with Crippen molar-refractivity contribution in [2.45, 2.75) is 52.4 Å². The Morgan fingerprint density at radius 1 is 0.288 bits per heavy atom. The highest BCUT2D eigenvalue weighted by Crippen LogP contribution is 2.16. The largest absolute Gasteiger partial charge is 0.378 e. The van der Waals surface area contributed by atoms with Gasteiger partial charge in [0.1, 0.15) is 0 Å². The molecule has 276 valence electrons. The Hall–Kier alpha value is -3.72. The number of fused-ring (bicyclic) bond motifs is 8. The Morgan fingerprint density at radius 2 is 0.481 bits per heavy atom. The average Bonchev–Trinajstić information content (AvgIpc) is 3.13. The van der Waals surface area contributed by atoms with E-state index in [0.717, 1.165) is 124 Å². The van der Waals surface area contributed by atoms with Crippen LogP contribution in [0.25, 0.3) is 0 Å². The molecule has 0 aromatic carbocycles. The highest BCUT2D eigenvalue weighted by Gasteiger charge is 2.17. The lowest BCUT2D eigenvalue weighted by molar-refractivity contribution is 0.0268. The number of nitrogens with zero attached hydrogens (tertiary/aromatic N) is 8. The van der Waals surface area contributed by atoms with Gasteiger partial charge in [0.2, 0.25) is 0 Å². The number of ether oxygens (including phenoxy) is 4. The molecule has 12 heteroatoms. The molecular weight excluding hydrogens is 656 g/mol. The van der Waals surface area contributed by atoms with E-state index in [9.17, 15) is 0 Å². The molecule has 0 unspecified atom stereocenters. The van der Waals surface area contributed by atoms with Crippen LogP contribution in [0.5, 0.6) is 0 Å². The van der Waals surface area contributed by atoms with Crippen molar-refractivity contribution in [1.82, 2.24) is 39.5 Å². The van der Waals surface area contributed by atoms with E-state index in [4.69, 9.17) is 38.9 Å². The number of pyridine rings is 4. The predicted molar refractivity (Wildman–Crippen MR) is 197 cm³/mol. The van der Waals surface area contributed by atoms with E-state index >= 15 is 0 Å². The van der Waals surface area contributed by atoms with Crippen molar-refractivity contribution in [1.29, 1.82) is 0 Å². The summed E-state index contributed by atoms with van der Waals surface area (Å²) in [6.45, 7) is 13.5. The summed E-state index contributed by atoms with van der Waals surface area (Å²) in [7, 11) is 0. The standard InChI is InChI=1S/C40H52N8O4/c1-5-33-25-45-13-17-49-21-23-51-19-15-47-29-37-9-3-10-38(43-37)30-48(32-40-12-4-11-39(31-47)44-40)16-20-52-24-22-50-18-14-46(26-34(6-1)41-33)28-36-8-2-7-35(27-45)42-36/h1-12H,13-32H2. The zero-order chi connectivity index (χ0) is 35.2. The smallest absolute Gasteiger partial charge is 0.0701 e. The van der Waals surface area contributed by atoms with Crippen LogP contribution in [-0.4, -0.2) is 119 Å². The summed E-state index contributed by atoms with van der Waals surface area (Å²) in [6, 6.07) is 25.4. The molecule has 3 aliphatic heterocycles. The lowest BCUT2D eigenvalue weighted by Gasteiger charge is -2.26. The van der Waals surface area contributed by atoms with Gasteiger partial charge in [-0.2, -0.15) is 0 Å². The molecule has 0 fully saturated rings. The first kappa shape index (κ1) is 36.6. The molecule has 12 nitrogen and oxygen atoms in total. The molecular formula is C40H52N8O4. The van der Waals surface area contributed by atoms with Gasteiger partial charge in [-0.05, 0) is 48.5 Å². The summed E-state index contributed by atoms with van der Waals surface area (Å²) >= 11 is 0. The second-order valence-electron chi connectivity index (χ2n) is 13.8. The van der Waals surface area contributed by atoms with Crippen LogP contribution in [0, 0.1) is 0 Å². The Labute approximate surface area is 307 Å². The highest BCUT2D eigenvalue weighted by atomic mass is 16.5. The second-order valence-corrected chi connectivity index (χ2v) is 13.8. The van der Waals surface area contributed by atoms with Gasteiger partial charge in [0.15, 0.2) is 0 Å². The van der Waals surface area contributed by atoms with Crippen molar-refractivity contribution < 1.29 is 18.9 Å². The summed E-state index contributed by atoms with van der Waals surface area (Å²) in [4.78, 5) is 29.7. The van der Waals surface area contributed by atoms with Gasteiger partial charge in [-0.3, -0.25) is 39.5 Å². The molecule has 0 spiro atoms. The van der Waals surface area contributed by atoms with Gasteiger partial charge in [0.05, 0.1) is 98.4 Å². The van der Waals surface area contributed by atoms with E-state index in [2.05, 4.69) is 92.4 Å². The molecule has 12 bridgehead atoms. The average molecular weight is 709 g/mol. The summed E-state index contributed by atoms with van der Waals surface area (Å²) < 4.78 is 24.3. The molecule has 0 amide bonds. The maximum atomic E-state index is 6.08. The molecule has 0 N–H and O–H groups in total. The first-order chi connectivity index (χ1) is 25.7. The predicted octanol–water partition coefficient (Wildman–Crippen LogP) is 3.68. The third kappa shape index (κ3) is 11.6. The van der Waals surface area contributed by atoms with Crippen LogP contribution in [0.2, 0.25) is 0 Å².